The molecule has 0 heterocycles. The van der Waals surface area contributed by atoms with Gasteiger partial charge in [-0.15, -0.1) is 0 Å². The van der Waals surface area contributed by atoms with Crippen molar-refractivity contribution in [3.63, 3.8) is 0 Å². The molecule has 4 aromatic rings. The molecular formula is C28H18Br2ClNO8. The summed E-state index contributed by atoms with van der Waals surface area (Å²) >= 11 is 12.7. The Morgan fingerprint density at radius 1 is 0.825 bits per heavy atom. The number of benzene rings is 4. The number of phenols is 2. The molecule has 0 spiro atoms. The van der Waals surface area contributed by atoms with Gasteiger partial charge < -0.3 is 24.8 Å². The number of carboxylic acid groups (broad SMARTS) is 1. The minimum atomic E-state index is -1.28. The zero-order valence-electron chi connectivity index (χ0n) is 20.2. The third-order valence-corrected chi connectivity index (χ3v) is 6.82. The minimum absolute atomic E-state index is 0.00768. The summed E-state index contributed by atoms with van der Waals surface area (Å²) < 4.78 is 11.9. The van der Waals surface area contributed by atoms with E-state index in [1.54, 1.807) is 24.3 Å². The number of phenolic OH excluding ortho intramolecular Hbond substituents is 2. The highest BCUT2D eigenvalue weighted by Gasteiger charge is 2.24. The number of hydrogen-bond acceptors (Lipinski definition) is 7. The van der Waals surface area contributed by atoms with Crippen LogP contribution in [0.3, 0.4) is 0 Å². The summed E-state index contributed by atoms with van der Waals surface area (Å²) in [5.41, 5.74) is 0.496. The van der Waals surface area contributed by atoms with Crippen molar-refractivity contribution in [1.29, 1.82) is 0 Å². The molecule has 0 saturated heterocycles. The van der Waals surface area contributed by atoms with E-state index in [1.165, 1.54) is 54.6 Å². The number of carbonyl (C=O) groups is 3. The largest absolute Gasteiger partial charge is 0.508 e. The highest BCUT2D eigenvalue weighted by atomic mass is 79.9. The Morgan fingerprint density at radius 2 is 1.43 bits per heavy atom. The normalized spacial score (nSPS) is 10.6. The number of aliphatic carboxylic acids is 1. The van der Waals surface area contributed by atoms with Crippen LogP contribution >= 0.6 is 43.5 Å². The summed E-state index contributed by atoms with van der Waals surface area (Å²) in [5.74, 6) is -1.41. The number of amides is 1. The van der Waals surface area contributed by atoms with Crippen molar-refractivity contribution in [1.82, 2.24) is 0 Å². The zero-order valence-corrected chi connectivity index (χ0v) is 24.1. The summed E-state index contributed by atoms with van der Waals surface area (Å²) in [5, 5.41) is 29.6. The lowest BCUT2D eigenvalue weighted by Crippen LogP contribution is -2.37. The molecule has 204 valence electrons. The second kappa shape index (κ2) is 12.4. The Morgan fingerprint density at radius 3 is 2.02 bits per heavy atom. The predicted molar refractivity (Wildman–Crippen MR) is 154 cm³/mol. The van der Waals surface area contributed by atoms with Crippen LogP contribution in [0, 0.1) is 0 Å². The molecule has 40 heavy (non-hydrogen) atoms. The molecule has 1 amide bonds. The number of hydrogen-bond donors (Lipinski definition) is 3. The van der Waals surface area contributed by atoms with Crippen LogP contribution in [0.1, 0.15) is 15.9 Å². The molecule has 4 rings (SSSR count). The van der Waals surface area contributed by atoms with Gasteiger partial charge in [-0.3, -0.25) is 14.5 Å². The van der Waals surface area contributed by atoms with Crippen molar-refractivity contribution < 1.29 is 39.2 Å². The first-order valence-electron chi connectivity index (χ1n) is 11.3. The van der Waals surface area contributed by atoms with Crippen molar-refractivity contribution in [3.05, 3.63) is 104 Å². The first kappa shape index (κ1) is 28.9. The Labute approximate surface area is 249 Å². The average Bonchev–Trinajstić information content (AvgIpc) is 2.91. The second-order valence-corrected chi connectivity index (χ2v) is 10.3. The van der Waals surface area contributed by atoms with Crippen LogP contribution in [-0.2, 0) is 4.79 Å². The fraction of sp³-hybridized carbons (Fsp3) is 0.0357. The molecule has 0 bridgehead atoms. The van der Waals surface area contributed by atoms with Crippen molar-refractivity contribution >= 4 is 67.0 Å². The van der Waals surface area contributed by atoms with E-state index in [-0.39, 0.29) is 40.0 Å². The molecular weight excluding hydrogens is 674 g/mol. The van der Waals surface area contributed by atoms with E-state index in [2.05, 4.69) is 31.9 Å². The van der Waals surface area contributed by atoms with E-state index < -0.39 is 24.4 Å². The van der Waals surface area contributed by atoms with Crippen molar-refractivity contribution in [2.24, 2.45) is 0 Å². The molecule has 12 heteroatoms. The van der Waals surface area contributed by atoms with Gasteiger partial charge in [-0.25, -0.2) is 4.79 Å². The predicted octanol–water partition coefficient (Wildman–Crippen LogP) is 7.39. The molecule has 0 atom stereocenters. The lowest BCUT2D eigenvalue weighted by atomic mass is 10.0. The Kier molecular flexibility index (Phi) is 8.98. The average molecular weight is 692 g/mol. The van der Waals surface area contributed by atoms with Gasteiger partial charge >= 0.3 is 12.1 Å². The molecule has 0 fully saturated rings. The quantitative estimate of drug-likeness (QED) is 0.163. The topological polar surface area (TPSA) is 134 Å². The molecule has 4 aromatic carbocycles. The van der Waals surface area contributed by atoms with Gasteiger partial charge in [0.1, 0.15) is 29.5 Å². The maximum absolute atomic E-state index is 12.9. The highest BCUT2D eigenvalue weighted by molar-refractivity contribution is 9.11. The molecule has 0 aromatic heterocycles. The number of ketones is 1. The summed E-state index contributed by atoms with van der Waals surface area (Å²) in [4.78, 5) is 38.2. The van der Waals surface area contributed by atoms with Crippen molar-refractivity contribution in [2.45, 2.75) is 0 Å². The Hall–Kier alpha value is -4.06. The van der Waals surface area contributed by atoms with Crippen LogP contribution in [0.25, 0.3) is 0 Å². The van der Waals surface area contributed by atoms with Gasteiger partial charge in [0.15, 0.2) is 11.5 Å². The van der Waals surface area contributed by atoms with E-state index in [1.807, 2.05) is 0 Å². The molecule has 0 aliphatic heterocycles. The summed E-state index contributed by atoms with van der Waals surface area (Å²) in [6.07, 6.45) is -0.968. The van der Waals surface area contributed by atoms with E-state index in [4.69, 9.17) is 21.1 Å². The monoisotopic (exact) mass is 689 g/mol. The van der Waals surface area contributed by atoms with Gasteiger partial charge in [-0.1, -0.05) is 11.6 Å². The van der Waals surface area contributed by atoms with Crippen LogP contribution in [0.5, 0.6) is 28.7 Å². The lowest BCUT2D eigenvalue weighted by Gasteiger charge is -2.22. The SMILES string of the molecule is O=C(O)CN(C(=O)Oc1ccc(O)cc1)c1cc(Br)c(Oc2ccc(O)c(C(=O)c3ccc(Cl)cc3)c2)c(Br)c1. The fourth-order valence-corrected chi connectivity index (χ4v) is 4.95. The molecule has 0 aliphatic rings. The first-order valence-corrected chi connectivity index (χ1v) is 13.3. The number of rotatable bonds is 8. The van der Waals surface area contributed by atoms with Gasteiger partial charge in [0.05, 0.1) is 20.2 Å². The number of carboxylic acids is 1. The van der Waals surface area contributed by atoms with Gasteiger partial charge in [0, 0.05) is 10.6 Å². The Balaban J connectivity index is 1.61. The standard InChI is InChI=1S/C28H18Br2ClNO8/c29-22-11-17(32(14-25(35)36)28(38)40-19-7-5-18(33)6-8-19)12-23(30)27(22)39-20-9-10-24(34)21(13-20)26(37)15-1-3-16(31)4-2-15/h1-13,33-34H,14H2,(H,35,36). The number of halogens is 3. The Bertz CT molecular complexity index is 1570. The molecule has 9 nitrogen and oxygen atoms in total. The zero-order chi connectivity index (χ0) is 29.0. The molecule has 3 N–H and O–H groups in total. The van der Waals surface area contributed by atoms with Gasteiger partial charge in [-0.05, 0) is 111 Å². The number of anilines is 1. The lowest BCUT2D eigenvalue weighted by molar-refractivity contribution is -0.135. The maximum atomic E-state index is 12.9. The van der Waals surface area contributed by atoms with Crippen LogP contribution in [0.2, 0.25) is 5.02 Å². The molecule has 0 saturated carbocycles. The van der Waals surface area contributed by atoms with Gasteiger partial charge in [0.2, 0.25) is 0 Å². The summed E-state index contributed by atoms with van der Waals surface area (Å²) in [6.45, 7) is -0.704. The van der Waals surface area contributed by atoms with E-state index in [9.17, 15) is 29.7 Å². The van der Waals surface area contributed by atoms with E-state index >= 15 is 0 Å². The molecule has 0 aliphatic carbocycles. The smallest absolute Gasteiger partial charge is 0.420 e. The van der Waals surface area contributed by atoms with Crippen molar-refractivity contribution in [2.75, 3.05) is 11.4 Å². The highest BCUT2D eigenvalue weighted by Crippen LogP contribution is 2.41. The number of nitrogens with zero attached hydrogens (tertiary/aromatic N) is 1. The van der Waals surface area contributed by atoms with Crippen LogP contribution < -0.4 is 14.4 Å². The maximum Gasteiger partial charge on any atom is 0.420 e. The number of aromatic hydroxyl groups is 2. The third kappa shape index (κ3) is 6.92. The number of carbonyl (C=O) groups excluding carboxylic acids is 2. The summed E-state index contributed by atoms with van der Waals surface area (Å²) in [6, 6.07) is 18.7. The van der Waals surface area contributed by atoms with Gasteiger partial charge in [0.25, 0.3) is 0 Å². The molecule has 0 unspecified atom stereocenters. The first-order chi connectivity index (χ1) is 19.0. The van der Waals surface area contributed by atoms with Crippen LogP contribution in [0.4, 0.5) is 10.5 Å². The van der Waals surface area contributed by atoms with Crippen LogP contribution in [-0.4, -0.2) is 39.7 Å². The van der Waals surface area contributed by atoms with E-state index in [0.29, 0.717) is 19.5 Å². The fourth-order valence-electron chi connectivity index (χ4n) is 3.50. The van der Waals surface area contributed by atoms with Crippen molar-refractivity contribution in [3.8, 4) is 28.7 Å². The second-order valence-electron chi connectivity index (χ2n) is 8.20. The summed E-state index contributed by atoms with van der Waals surface area (Å²) in [7, 11) is 0. The molecule has 0 radical (unpaired) electrons. The van der Waals surface area contributed by atoms with Crippen LogP contribution in [0.15, 0.2) is 87.8 Å². The van der Waals surface area contributed by atoms with Gasteiger partial charge in [-0.2, -0.15) is 0 Å². The third-order valence-electron chi connectivity index (χ3n) is 5.39. The number of ether oxygens (including phenoxy) is 2. The van der Waals surface area contributed by atoms with E-state index in [0.717, 1.165) is 4.90 Å². The minimum Gasteiger partial charge on any atom is -0.508 e.